The number of likely N-dealkylation sites (tertiary alicyclic amines) is 1. The van der Waals surface area contributed by atoms with E-state index >= 15 is 0 Å². The topological polar surface area (TPSA) is 55.2 Å². The first kappa shape index (κ1) is 15.1. The van der Waals surface area contributed by atoms with E-state index in [2.05, 4.69) is 11.2 Å². The Kier molecular flexibility index (Phi) is 3.69. The molecule has 122 valence electrons. The number of hydrogen-bond acceptors (Lipinski definition) is 4. The minimum absolute atomic E-state index is 0.0994. The summed E-state index contributed by atoms with van der Waals surface area (Å²) in [6.07, 6.45) is 1.95. The van der Waals surface area contributed by atoms with Crippen molar-refractivity contribution in [2.45, 2.75) is 18.9 Å². The van der Waals surface area contributed by atoms with Crippen LogP contribution in [0.25, 0.3) is 10.8 Å². The molecule has 0 radical (unpaired) electrons. The highest BCUT2D eigenvalue weighted by atomic mass is 32.1. The van der Waals surface area contributed by atoms with E-state index in [1.807, 2.05) is 28.5 Å². The minimum atomic E-state index is -0.182. The van der Waals surface area contributed by atoms with E-state index in [-0.39, 0.29) is 17.5 Å². The van der Waals surface area contributed by atoms with Crippen molar-refractivity contribution in [2.24, 2.45) is 7.05 Å². The molecule has 5 nitrogen and oxygen atoms in total. The van der Waals surface area contributed by atoms with Crippen LogP contribution in [0.3, 0.4) is 0 Å². The third kappa shape index (κ3) is 2.34. The summed E-state index contributed by atoms with van der Waals surface area (Å²) < 4.78 is 1.26. The van der Waals surface area contributed by atoms with Gasteiger partial charge in [-0.1, -0.05) is 24.3 Å². The molecule has 2 aromatic heterocycles. The molecule has 0 bridgehead atoms. The summed E-state index contributed by atoms with van der Waals surface area (Å²) in [5.41, 5.74) is 0.175. The first-order chi connectivity index (χ1) is 11.7. The minimum Gasteiger partial charge on any atom is -0.329 e. The quantitative estimate of drug-likeness (QED) is 0.721. The third-order valence-electron chi connectivity index (χ3n) is 4.54. The Morgan fingerprint density at radius 1 is 1.21 bits per heavy atom. The Morgan fingerprint density at radius 3 is 2.75 bits per heavy atom. The lowest BCUT2D eigenvalue weighted by atomic mass is 10.1. The molecule has 0 unspecified atom stereocenters. The maximum Gasteiger partial charge on any atom is 0.275 e. The fourth-order valence-electron chi connectivity index (χ4n) is 3.38. The third-order valence-corrected chi connectivity index (χ3v) is 5.52. The maximum atomic E-state index is 13.2. The smallest absolute Gasteiger partial charge is 0.275 e. The van der Waals surface area contributed by atoms with Crippen LogP contribution in [-0.2, 0) is 7.05 Å². The van der Waals surface area contributed by atoms with Gasteiger partial charge in [-0.15, -0.1) is 11.3 Å². The van der Waals surface area contributed by atoms with E-state index in [0.29, 0.717) is 16.5 Å². The maximum absolute atomic E-state index is 13.2. The number of nitrogens with zero attached hydrogens (tertiary/aromatic N) is 3. The summed E-state index contributed by atoms with van der Waals surface area (Å²) in [7, 11) is 1.59. The molecule has 1 aliphatic heterocycles. The van der Waals surface area contributed by atoms with Crippen LogP contribution >= 0.6 is 11.3 Å². The predicted octanol–water partition coefficient (Wildman–Crippen LogP) is 2.97. The van der Waals surface area contributed by atoms with Crippen molar-refractivity contribution in [3.63, 3.8) is 0 Å². The number of carbonyl (C=O) groups is 1. The van der Waals surface area contributed by atoms with E-state index in [0.717, 1.165) is 19.4 Å². The highest BCUT2D eigenvalue weighted by Crippen LogP contribution is 2.35. The molecule has 4 rings (SSSR count). The summed E-state index contributed by atoms with van der Waals surface area (Å²) in [5, 5.41) is 7.48. The molecule has 6 heteroatoms. The van der Waals surface area contributed by atoms with Crippen LogP contribution in [0.4, 0.5) is 0 Å². The summed E-state index contributed by atoms with van der Waals surface area (Å²) >= 11 is 1.68. The Balaban J connectivity index is 1.81. The molecule has 1 fully saturated rings. The zero-order valence-electron chi connectivity index (χ0n) is 13.3. The Labute approximate surface area is 143 Å². The Morgan fingerprint density at radius 2 is 2.00 bits per heavy atom. The van der Waals surface area contributed by atoms with Gasteiger partial charge < -0.3 is 4.90 Å². The molecule has 0 saturated carbocycles. The molecule has 1 amide bonds. The number of fused-ring (bicyclic) bond motifs is 1. The molecule has 1 atom stereocenters. The average Bonchev–Trinajstić information content (AvgIpc) is 3.28. The van der Waals surface area contributed by atoms with E-state index in [1.54, 1.807) is 30.5 Å². The van der Waals surface area contributed by atoms with Gasteiger partial charge in [0.15, 0.2) is 5.69 Å². The lowest BCUT2D eigenvalue weighted by Crippen LogP contribution is -2.33. The van der Waals surface area contributed by atoms with Crippen LogP contribution in [0.15, 0.2) is 46.6 Å². The van der Waals surface area contributed by atoms with Gasteiger partial charge in [0.25, 0.3) is 11.5 Å². The standard InChI is InChI=1S/C18H17N3O2S/c1-20-17(22)13-7-3-2-6-12(13)16(19-20)18(23)21-10-4-8-14(21)15-9-5-11-24-15/h2-3,5-7,9,11,14H,4,8,10H2,1H3/t14-/m0/s1. The van der Waals surface area contributed by atoms with Crippen molar-refractivity contribution in [1.82, 2.24) is 14.7 Å². The fraction of sp³-hybridized carbons (Fsp3) is 0.278. The van der Waals surface area contributed by atoms with Gasteiger partial charge >= 0.3 is 0 Å². The summed E-state index contributed by atoms with van der Waals surface area (Å²) in [6, 6.07) is 11.4. The zero-order chi connectivity index (χ0) is 16.7. The van der Waals surface area contributed by atoms with Crippen LogP contribution in [-0.4, -0.2) is 27.1 Å². The van der Waals surface area contributed by atoms with Crippen molar-refractivity contribution in [1.29, 1.82) is 0 Å². The fourth-order valence-corrected chi connectivity index (χ4v) is 4.25. The lowest BCUT2D eigenvalue weighted by molar-refractivity contribution is 0.0731. The van der Waals surface area contributed by atoms with Gasteiger partial charge in [0.2, 0.25) is 0 Å². The SMILES string of the molecule is Cn1nc(C(=O)N2CCC[C@H]2c2cccs2)c2ccccc2c1=O. The number of thiophene rings is 1. The molecule has 1 saturated heterocycles. The summed E-state index contributed by atoms with van der Waals surface area (Å²) in [6.45, 7) is 0.722. The van der Waals surface area contributed by atoms with Crippen LogP contribution in [0.2, 0.25) is 0 Å². The monoisotopic (exact) mass is 339 g/mol. The summed E-state index contributed by atoms with van der Waals surface area (Å²) in [5.74, 6) is -0.0994. The first-order valence-corrected chi connectivity index (χ1v) is 8.85. The molecule has 24 heavy (non-hydrogen) atoms. The number of amides is 1. The van der Waals surface area contributed by atoms with Gasteiger partial charge in [-0.05, 0) is 30.4 Å². The second-order valence-electron chi connectivity index (χ2n) is 5.99. The zero-order valence-corrected chi connectivity index (χ0v) is 14.1. The molecule has 0 spiro atoms. The number of rotatable bonds is 2. The Bertz CT molecular complexity index is 962. The van der Waals surface area contributed by atoms with Crippen molar-refractivity contribution in [2.75, 3.05) is 6.54 Å². The Hall–Kier alpha value is -2.47. The molecule has 1 aliphatic rings. The molecule has 3 aromatic rings. The van der Waals surface area contributed by atoms with Gasteiger partial charge in [-0.3, -0.25) is 9.59 Å². The molecule has 0 N–H and O–H groups in total. The van der Waals surface area contributed by atoms with Gasteiger partial charge in [-0.25, -0.2) is 4.68 Å². The van der Waals surface area contributed by atoms with Gasteiger partial charge in [0.05, 0.1) is 11.4 Å². The number of benzene rings is 1. The van der Waals surface area contributed by atoms with Crippen LogP contribution in [0.5, 0.6) is 0 Å². The molecular formula is C18H17N3O2S. The molecule has 3 heterocycles. The predicted molar refractivity (Wildman–Crippen MR) is 94.3 cm³/mol. The van der Waals surface area contributed by atoms with Crippen molar-refractivity contribution in [3.05, 3.63) is 62.7 Å². The van der Waals surface area contributed by atoms with Gasteiger partial charge in [0, 0.05) is 23.9 Å². The number of hydrogen-bond donors (Lipinski definition) is 0. The van der Waals surface area contributed by atoms with Crippen molar-refractivity contribution in [3.8, 4) is 0 Å². The average molecular weight is 339 g/mol. The normalized spacial score (nSPS) is 17.5. The van der Waals surface area contributed by atoms with Crippen LogP contribution in [0, 0.1) is 0 Å². The highest BCUT2D eigenvalue weighted by Gasteiger charge is 2.33. The highest BCUT2D eigenvalue weighted by molar-refractivity contribution is 7.10. The first-order valence-electron chi connectivity index (χ1n) is 7.97. The van der Waals surface area contributed by atoms with E-state index in [9.17, 15) is 9.59 Å². The molecular weight excluding hydrogens is 322 g/mol. The summed E-state index contributed by atoms with van der Waals surface area (Å²) in [4.78, 5) is 28.5. The number of aryl methyl sites for hydroxylation is 1. The van der Waals surface area contributed by atoms with Crippen LogP contribution < -0.4 is 5.56 Å². The number of carbonyl (C=O) groups excluding carboxylic acids is 1. The van der Waals surface area contributed by atoms with E-state index in [1.165, 1.54) is 9.56 Å². The van der Waals surface area contributed by atoms with E-state index < -0.39 is 0 Å². The van der Waals surface area contributed by atoms with Gasteiger partial charge in [0.1, 0.15) is 0 Å². The second-order valence-corrected chi connectivity index (χ2v) is 6.97. The molecule has 0 aliphatic carbocycles. The van der Waals surface area contributed by atoms with Gasteiger partial charge in [-0.2, -0.15) is 5.10 Å². The van der Waals surface area contributed by atoms with E-state index in [4.69, 9.17) is 0 Å². The van der Waals surface area contributed by atoms with Crippen molar-refractivity contribution < 1.29 is 4.79 Å². The number of aromatic nitrogens is 2. The van der Waals surface area contributed by atoms with Crippen LogP contribution in [0.1, 0.15) is 34.2 Å². The lowest BCUT2D eigenvalue weighted by Gasteiger charge is -2.24. The molecule has 1 aromatic carbocycles. The van der Waals surface area contributed by atoms with Crippen molar-refractivity contribution >= 4 is 28.0 Å². The largest absolute Gasteiger partial charge is 0.329 e. The second kappa shape index (κ2) is 5.87.